The third kappa shape index (κ3) is 19.6. The highest BCUT2D eigenvalue weighted by Crippen LogP contribution is 2.37. The van der Waals surface area contributed by atoms with Crippen LogP contribution >= 0.6 is 0 Å². The van der Waals surface area contributed by atoms with Gasteiger partial charge in [-0.05, 0) is 88.9 Å². The molecule has 1 rings (SSSR count). The van der Waals surface area contributed by atoms with Crippen molar-refractivity contribution in [2.45, 2.75) is 184 Å². The van der Waals surface area contributed by atoms with Gasteiger partial charge in [0.15, 0.2) is 0 Å². The first-order chi connectivity index (χ1) is 19.8. The molecule has 1 aliphatic carbocycles. The van der Waals surface area contributed by atoms with Crippen molar-refractivity contribution in [2.24, 2.45) is 28.6 Å². The fourth-order valence-electron chi connectivity index (χ4n) is 6.84. The maximum Gasteiger partial charge on any atom is 0.346 e. The van der Waals surface area contributed by atoms with Gasteiger partial charge in [0.2, 0.25) is 0 Å². The minimum atomic E-state index is -0.533. The molecule has 0 heterocycles. The van der Waals surface area contributed by atoms with Crippen LogP contribution in [0.15, 0.2) is 12.2 Å². The largest absolute Gasteiger partial charge is 0.346 e. The van der Waals surface area contributed by atoms with Crippen LogP contribution < -0.4 is 0 Å². The number of carbonyl (C=O) groups excluding carboxylic acids is 2. The van der Waals surface area contributed by atoms with E-state index in [9.17, 15) is 9.59 Å². The first-order valence-corrected chi connectivity index (χ1v) is 17.3. The summed E-state index contributed by atoms with van der Waals surface area (Å²) >= 11 is 0. The van der Waals surface area contributed by atoms with E-state index < -0.39 is 11.2 Å². The molecule has 0 aliphatic heterocycles. The van der Waals surface area contributed by atoms with Crippen LogP contribution in [0.2, 0.25) is 0 Å². The van der Waals surface area contributed by atoms with E-state index in [4.69, 9.17) is 19.6 Å². The van der Waals surface area contributed by atoms with Gasteiger partial charge in [0.05, 0.1) is 5.92 Å². The Morgan fingerprint density at radius 1 is 0.651 bits per heavy atom. The summed E-state index contributed by atoms with van der Waals surface area (Å²) in [6.45, 7) is 23.0. The Balaban J connectivity index is 2.51. The number of hydrogen-bond donors (Lipinski definition) is 0. The monoisotopic (exact) mass is 609 g/mol. The first kappa shape index (κ1) is 39.6. The molecule has 0 aromatic rings. The van der Waals surface area contributed by atoms with Gasteiger partial charge in [-0.2, -0.15) is 9.78 Å². The molecule has 0 N–H and O–H groups in total. The molecule has 0 bridgehead atoms. The Morgan fingerprint density at radius 3 is 1.74 bits per heavy atom. The van der Waals surface area contributed by atoms with Crippen LogP contribution in [-0.4, -0.2) is 23.1 Å². The Labute approximate surface area is 265 Å². The average Bonchev–Trinajstić information content (AvgIpc) is 2.86. The van der Waals surface area contributed by atoms with Crippen LogP contribution in [0.5, 0.6) is 0 Å². The quantitative estimate of drug-likeness (QED) is 0.0592. The summed E-state index contributed by atoms with van der Waals surface area (Å²) in [7, 11) is 0. The van der Waals surface area contributed by atoms with Crippen molar-refractivity contribution >= 4 is 11.9 Å². The smallest absolute Gasteiger partial charge is 0.298 e. The van der Waals surface area contributed by atoms with Crippen molar-refractivity contribution < 1.29 is 29.1 Å². The summed E-state index contributed by atoms with van der Waals surface area (Å²) < 4.78 is 0. The zero-order valence-electron chi connectivity index (χ0n) is 29.9. The lowest BCUT2D eigenvalue weighted by Crippen LogP contribution is -2.35. The molecule has 6 heteroatoms. The molecule has 0 aromatic carbocycles. The molecule has 0 saturated heterocycles. The second-order valence-electron chi connectivity index (χ2n) is 16.8. The highest BCUT2D eigenvalue weighted by atomic mass is 17.2. The third-order valence-electron chi connectivity index (χ3n) is 7.98. The van der Waals surface area contributed by atoms with Gasteiger partial charge >= 0.3 is 11.9 Å². The zero-order valence-corrected chi connectivity index (χ0v) is 29.9. The standard InChI is InChI=1S/C37H68O6/c1-12-13-14-18-21-29-24-25-30(31(26-29)33(39)41-43-37(10,11)28-35(5,6)7)22-19-16-15-17-20-23-32(38)40-42-36(8,9)27-34(2,3)4/h24-25,29-31H,12-23,26-28H2,1-11H3. The minimum absolute atomic E-state index is 0.0761. The molecule has 0 aromatic heterocycles. The first-order valence-electron chi connectivity index (χ1n) is 17.3. The van der Waals surface area contributed by atoms with Crippen molar-refractivity contribution in [3.8, 4) is 0 Å². The number of unbranched alkanes of at least 4 members (excludes halogenated alkanes) is 7. The second kappa shape index (κ2) is 18.5. The van der Waals surface area contributed by atoms with Gasteiger partial charge in [-0.15, -0.1) is 0 Å². The number of carbonyl (C=O) groups is 2. The van der Waals surface area contributed by atoms with Crippen molar-refractivity contribution in [2.75, 3.05) is 0 Å². The van der Waals surface area contributed by atoms with E-state index in [0.29, 0.717) is 12.3 Å². The van der Waals surface area contributed by atoms with Crippen LogP contribution in [0.3, 0.4) is 0 Å². The van der Waals surface area contributed by atoms with Crippen LogP contribution in [0, 0.1) is 28.6 Å². The fraction of sp³-hybridized carbons (Fsp3) is 0.892. The summed E-state index contributed by atoms with van der Waals surface area (Å²) in [5, 5.41) is 0. The van der Waals surface area contributed by atoms with E-state index in [1.165, 1.54) is 25.7 Å². The fourth-order valence-corrected chi connectivity index (χ4v) is 6.84. The van der Waals surface area contributed by atoms with Crippen LogP contribution in [0.1, 0.15) is 172 Å². The highest BCUT2D eigenvalue weighted by molar-refractivity contribution is 5.72. The maximum absolute atomic E-state index is 13.3. The molecule has 0 radical (unpaired) electrons. The molecule has 0 saturated carbocycles. The van der Waals surface area contributed by atoms with Gasteiger partial charge in [-0.1, -0.05) is 112 Å². The van der Waals surface area contributed by atoms with Crippen LogP contribution in [0.25, 0.3) is 0 Å². The molecule has 6 nitrogen and oxygen atoms in total. The predicted octanol–water partition coefficient (Wildman–Crippen LogP) is 10.9. The lowest BCUT2D eigenvalue weighted by atomic mass is 9.75. The summed E-state index contributed by atoms with van der Waals surface area (Å²) in [5.41, 5.74) is -0.868. The molecule has 0 spiro atoms. The number of rotatable bonds is 20. The summed E-state index contributed by atoms with van der Waals surface area (Å²) in [4.78, 5) is 47.3. The molecule has 43 heavy (non-hydrogen) atoms. The predicted molar refractivity (Wildman–Crippen MR) is 176 cm³/mol. The van der Waals surface area contributed by atoms with Gasteiger partial charge < -0.3 is 0 Å². The minimum Gasteiger partial charge on any atom is -0.298 e. The molecule has 1 aliphatic rings. The van der Waals surface area contributed by atoms with E-state index in [1.807, 2.05) is 27.7 Å². The average molecular weight is 609 g/mol. The van der Waals surface area contributed by atoms with Crippen LogP contribution in [-0.2, 0) is 29.1 Å². The normalized spacial score (nSPS) is 19.8. The molecule has 252 valence electrons. The van der Waals surface area contributed by atoms with E-state index in [-0.39, 0.29) is 34.6 Å². The van der Waals surface area contributed by atoms with Crippen molar-refractivity contribution in [1.29, 1.82) is 0 Å². The number of hydrogen-bond acceptors (Lipinski definition) is 6. The summed E-state index contributed by atoms with van der Waals surface area (Å²) in [6, 6.07) is 0. The lowest BCUT2D eigenvalue weighted by molar-refractivity contribution is -0.333. The second-order valence-corrected chi connectivity index (χ2v) is 16.8. The van der Waals surface area contributed by atoms with Gasteiger partial charge in [-0.3, -0.25) is 9.78 Å². The lowest BCUT2D eigenvalue weighted by Gasteiger charge is -2.33. The van der Waals surface area contributed by atoms with Crippen molar-refractivity contribution in [1.82, 2.24) is 0 Å². The van der Waals surface area contributed by atoms with E-state index >= 15 is 0 Å². The van der Waals surface area contributed by atoms with Gasteiger partial charge in [0.25, 0.3) is 0 Å². The molecule has 0 amide bonds. The Kier molecular flexibility index (Phi) is 17.1. The molecule has 0 fully saturated rings. The van der Waals surface area contributed by atoms with E-state index in [0.717, 1.165) is 64.2 Å². The van der Waals surface area contributed by atoms with Gasteiger partial charge in [0, 0.05) is 6.42 Å². The number of allylic oxidation sites excluding steroid dienone is 2. The van der Waals surface area contributed by atoms with Gasteiger partial charge in [-0.25, -0.2) is 9.59 Å². The zero-order chi connectivity index (χ0) is 32.7. The van der Waals surface area contributed by atoms with Gasteiger partial charge in [0.1, 0.15) is 11.2 Å². The molecule has 3 unspecified atom stereocenters. The van der Waals surface area contributed by atoms with E-state index in [2.05, 4.69) is 60.6 Å². The SMILES string of the molecule is CCCCCCC1C=CC(CCCCCCCC(=O)OOC(C)(C)CC(C)(C)C)C(C(=O)OOC(C)(C)CC(C)(C)C)C1. The van der Waals surface area contributed by atoms with E-state index in [1.54, 1.807) is 0 Å². The molecule has 3 atom stereocenters. The van der Waals surface area contributed by atoms with Crippen molar-refractivity contribution in [3.63, 3.8) is 0 Å². The maximum atomic E-state index is 13.3. The Bertz CT molecular complexity index is 829. The van der Waals surface area contributed by atoms with Crippen LogP contribution in [0.4, 0.5) is 0 Å². The van der Waals surface area contributed by atoms with Crippen molar-refractivity contribution in [3.05, 3.63) is 12.2 Å². The molecular weight excluding hydrogens is 540 g/mol. The summed E-state index contributed by atoms with van der Waals surface area (Å²) in [5.74, 6) is -0.0774. The Hall–Kier alpha value is -1.40. The third-order valence-corrected chi connectivity index (χ3v) is 7.98. The highest BCUT2D eigenvalue weighted by Gasteiger charge is 2.36. The molecular formula is C37H68O6. The topological polar surface area (TPSA) is 71.1 Å². The Morgan fingerprint density at radius 2 is 1.16 bits per heavy atom. The summed E-state index contributed by atoms with van der Waals surface area (Å²) in [6.07, 6.45) is 19.4.